The molecule has 3 aromatic carbocycles. The molecule has 8 nitrogen and oxygen atoms in total. The molecule has 0 spiro atoms. The standard InChI is InChI=1S/C30H32Cl2N6O2S/c1-20(2)22-8-12-28(26(32)17-22)38-30(34-35-36-38)41-19-29(39)33-27-11-7-23(18-25(27)31)21-5-9-24(10-6-21)40-16-15-37-13-3-4-14-37/h5-12,17-18,20H,3-4,13-16,19H2,1-2H3,(H,33,39). The first-order chi connectivity index (χ1) is 19.9. The summed E-state index contributed by atoms with van der Waals surface area (Å²) in [7, 11) is 0. The Kier molecular flexibility index (Phi) is 9.82. The molecular weight excluding hydrogens is 579 g/mol. The average molecular weight is 612 g/mol. The molecule has 1 aromatic heterocycles. The Morgan fingerprint density at radius 2 is 1.76 bits per heavy atom. The number of anilines is 1. The highest BCUT2D eigenvalue weighted by atomic mass is 35.5. The fourth-order valence-electron chi connectivity index (χ4n) is 4.63. The lowest BCUT2D eigenvalue weighted by Gasteiger charge is -2.15. The van der Waals surface area contributed by atoms with E-state index in [9.17, 15) is 4.79 Å². The van der Waals surface area contributed by atoms with Crippen molar-refractivity contribution in [3.8, 4) is 22.6 Å². The molecule has 0 atom stereocenters. The van der Waals surface area contributed by atoms with Crippen molar-refractivity contribution in [3.63, 3.8) is 0 Å². The Bertz CT molecular complexity index is 1490. The summed E-state index contributed by atoms with van der Waals surface area (Å²) in [5.74, 6) is 1.07. The Morgan fingerprint density at radius 3 is 2.46 bits per heavy atom. The molecule has 1 aliphatic rings. The number of aromatic nitrogens is 4. The number of nitrogens with one attached hydrogen (secondary N) is 1. The zero-order valence-electron chi connectivity index (χ0n) is 23.0. The first-order valence-corrected chi connectivity index (χ1v) is 15.4. The van der Waals surface area contributed by atoms with Gasteiger partial charge >= 0.3 is 0 Å². The number of hydrogen-bond donors (Lipinski definition) is 1. The monoisotopic (exact) mass is 610 g/mol. The molecule has 0 aliphatic carbocycles. The number of thioether (sulfide) groups is 1. The van der Waals surface area contributed by atoms with Crippen LogP contribution >= 0.6 is 35.0 Å². The van der Waals surface area contributed by atoms with Gasteiger partial charge in [0.15, 0.2) is 0 Å². The van der Waals surface area contributed by atoms with Crippen LogP contribution in [0.1, 0.15) is 38.2 Å². The van der Waals surface area contributed by atoms with Gasteiger partial charge in [0.25, 0.3) is 0 Å². The van der Waals surface area contributed by atoms with E-state index < -0.39 is 0 Å². The summed E-state index contributed by atoms with van der Waals surface area (Å²) in [6.07, 6.45) is 2.56. The van der Waals surface area contributed by atoms with Crippen molar-refractivity contribution in [2.45, 2.75) is 37.8 Å². The van der Waals surface area contributed by atoms with E-state index in [1.165, 1.54) is 42.4 Å². The SMILES string of the molecule is CC(C)c1ccc(-n2nnnc2SCC(=O)Nc2ccc(-c3ccc(OCCN4CCCC4)cc3)cc2Cl)c(Cl)c1. The van der Waals surface area contributed by atoms with Gasteiger partial charge in [0.1, 0.15) is 12.4 Å². The molecule has 214 valence electrons. The molecule has 4 aromatic rings. The van der Waals surface area contributed by atoms with Crippen molar-refractivity contribution in [1.29, 1.82) is 0 Å². The van der Waals surface area contributed by atoms with Crippen LogP contribution in [0.4, 0.5) is 5.69 Å². The largest absolute Gasteiger partial charge is 0.492 e. The molecule has 41 heavy (non-hydrogen) atoms. The summed E-state index contributed by atoms with van der Waals surface area (Å²) >= 11 is 14.3. The highest BCUT2D eigenvalue weighted by molar-refractivity contribution is 7.99. The van der Waals surface area contributed by atoms with Gasteiger partial charge in [-0.25, -0.2) is 0 Å². The highest BCUT2D eigenvalue weighted by Crippen LogP contribution is 2.31. The lowest BCUT2D eigenvalue weighted by molar-refractivity contribution is -0.113. The lowest BCUT2D eigenvalue weighted by Crippen LogP contribution is -2.25. The second-order valence-electron chi connectivity index (χ2n) is 10.2. The van der Waals surface area contributed by atoms with E-state index in [2.05, 4.69) is 39.6 Å². The third kappa shape index (κ3) is 7.60. The first kappa shape index (κ1) is 29.4. The molecule has 1 fully saturated rings. The number of carbonyl (C=O) groups is 1. The van der Waals surface area contributed by atoms with E-state index in [1.807, 2.05) is 54.6 Å². The summed E-state index contributed by atoms with van der Waals surface area (Å²) < 4.78 is 7.45. The fourth-order valence-corrected chi connectivity index (χ4v) is 5.81. The lowest BCUT2D eigenvalue weighted by atomic mass is 10.0. The Balaban J connectivity index is 1.15. The second-order valence-corrected chi connectivity index (χ2v) is 11.9. The number of carbonyl (C=O) groups excluding carboxylic acids is 1. The predicted molar refractivity (Wildman–Crippen MR) is 166 cm³/mol. The number of benzene rings is 3. The van der Waals surface area contributed by atoms with E-state index in [-0.39, 0.29) is 11.7 Å². The maximum Gasteiger partial charge on any atom is 0.234 e. The molecule has 5 rings (SSSR count). The minimum atomic E-state index is -0.226. The fraction of sp³-hybridized carbons (Fsp3) is 0.333. The number of rotatable bonds is 11. The summed E-state index contributed by atoms with van der Waals surface area (Å²) in [4.78, 5) is 15.2. The molecule has 0 bridgehead atoms. The summed E-state index contributed by atoms with van der Waals surface area (Å²) in [5.41, 5.74) is 4.28. The quantitative estimate of drug-likeness (QED) is 0.184. The van der Waals surface area contributed by atoms with E-state index in [0.29, 0.717) is 39.1 Å². The molecule has 1 amide bonds. The van der Waals surface area contributed by atoms with Gasteiger partial charge in [-0.3, -0.25) is 9.69 Å². The van der Waals surface area contributed by atoms with Crippen LogP contribution in [0.3, 0.4) is 0 Å². The third-order valence-corrected chi connectivity index (χ3v) is 8.48. The van der Waals surface area contributed by atoms with Crippen LogP contribution in [-0.4, -0.2) is 63.0 Å². The van der Waals surface area contributed by atoms with E-state index >= 15 is 0 Å². The molecule has 2 heterocycles. The van der Waals surface area contributed by atoms with Crippen LogP contribution in [-0.2, 0) is 4.79 Å². The first-order valence-electron chi connectivity index (χ1n) is 13.6. The van der Waals surface area contributed by atoms with Crippen LogP contribution in [0, 0.1) is 0 Å². The molecule has 1 N–H and O–H groups in total. The molecule has 0 radical (unpaired) electrons. The van der Waals surface area contributed by atoms with Gasteiger partial charge in [0.05, 0.1) is 27.2 Å². The smallest absolute Gasteiger partial charge is 0.234 e. The van der Waals surface area contributed by atoms with E-state index in [1.54, 1.807) is 6.07 Å². The van der Waals surface area contributed by atoms with Crippen molar-refractivity contribution in [3.05, 3.63) is 76.3 Å². The van der Waals surface area contributed by atoms with E-state index in [4.69, 9.17) is 27.9 Å². The normalized spacial score (nSPS) is 13.6. The van der Waals surface area contributed by atoms with Gasteiger partial charge in [-0.1, -0.05) is 73.1 Å². The number of nitrogens with zero attached hydrogens (tertiary/aromatic N) is 5. The van der Waals surface area contributed by atoms with Crippen molar-refractivity contribution >= 4 is 46.6 Å². The van der Waals surface area contributed by atoms with Crippen molar-refractivity contribution in [1.82, 2.24) is 25.1 Å². The van der Waals surface area contributed by atoms with Crippen molar-refractivity contribution in [2.24, 2.45) is 0 Å². The minimum Gasteiger partial charge on any atom is -0.492 e. The van der Waals surface area contributed by atoms with Crippen molar-refractivity contribution < 1.29 is 9.53 Å². The van der Waals surface area contributed by atoms with Gasteiger partial charge < -0.3 is 10.1 Å². The van der Waals surface area contributed by atoms with Crippen LogP contribution in [0.5, 0.6) is 5.75 Å². The Morgan fingerprint density at radius 1 is 1.00 bits per heavy atom. The Labute approximate surface area is 254 Å². The number of hydrogen-bond acceptors (Lipinski definition) is 7. The Hall–Kier alpha value is -3.11. The molecule has 1 aliphatic heterocycles. The van der Waals surface area contributed by atoms with Crippen LogP contribution in [0.2, 0.25) is 10.0 Å². The topological polar surface area (TPSA) is 85.2 Å². The third-order valence-electron chi connectivity index (χ3n) is 6.95. The van der Waals surface area contributed by atoms with Gasteiger partial charge in [-0.05, 0) is 95.4 Å². The zero-order chi connectivity index (χ0) is 28.8. The van der Waals surface area contributed by atoms with Crippen LogP contribution in [0.15, 0.2) is 65.8 Å². The number of tetrazole rings is 1. The second kappa shape index (κ2) is 13.7. The highest BCUT2D eigenvalue weighted by Gasteiger charge is 2.16. The minimum absolute atomic E-state index is 0.0966. The maximum absolute atomic E-state index is 12.7. The van der Waals surface area contributed by atoms with Crippen LogP contribution < -0.4 is 10.1 Å². The molecule has 0 unspecified atom stereocenters. The number of likely N-dealkylation sites (tertiary alicyclic amines) is 1. The summed E-state index contributed by atoms with van der Waals surface area (Å²) in [6, 6.07) is 19.3. The number of halogens is 2. The number of amides is 1. The van der Waals surface area contributed by atoms with Crippen LogP contribution in [0.25, 0.3) is 16.8 Å². The number of ether oxygens (including phenoxy) is 1. The van der Waals surface area contributed by atoms with Gasteiger partial charge in [0, 0.05) is 6.54 Å². The molecule has 11 heteroatoms. The summed E-state index contributed by atoms with van der Waals surface area (Å²) in [6.45, 7) is 8.19. The van der Waals surface area contributed by atoms with E-state index in [0.717, 1.165) is 29.0 Å². The maximum atomic E-state index is 12.7. The average Bonchev–Trinajstić information content (AvgIpc) is 3.66. The molecule has 0 saturated carbocycles. The predicted octanol–water partition coefficient (Wildman–Crippen LogP) is 6.96. The van der Waals surface area contributed by atoms with Crippen molar-refractivity contribution in [2.75, 3.05) is 37.3 Å². The van der Waals surface area contributed by atoms with Gasteiger partial charge in [-0.2, -0.15) is 4.68 Å². The van der Waals surface area contributed by atoms with Gasteiger partial charge in [-0.15, -0.1) is 5.10 Å². The van der Waals surface area contributed by atoms with Gasteiger partial charge in [0.2, 0.25) is 11.1 Å². The summed E-state index contributed by atoms with van der Waals surface area (Å²) in [5, 5.41) is 16.2. The molecule has 1 saturated heterocycles. The molecular formula is C30H32Cl2N6O2S. The zero-order valence-corrected chi connectivity index (χ0v) is 25.3.